The van der Waals surface area contributed by atoms with E-state index < -0.39 is 0 Å². The molecule has 0 radical (unpaired) electrons. The van der Waals surface area contributed by atoms with Crippen molar-refractivity contribution in [1.82, 2.24) is 9.78 Å². The molecule has 102 valence electrons. The number of ether oxygens (including phenoxy) is 2. The Balaban J connectivity index is 1.81. The predicted octanol–water partition coefficient (Wildman–Crippen LogP) is 2.35. The molecule has 1 aliphatic heterocycles. The lowest BCUT2D eigenvalue weighted by atomic mass is 10.1. The zero-order valence-electron chi connectivity index (χ0n) is 11.3. The first kappa shape index (κ1) is 12.5. The van der Waals surface area contributed by atoms with Crippen LogP contribution in [0.4, 0.5) is 0 Å². The van der Waals surface area contributed by atoms with Gasteiger partial charge in [-0.25, -0.2) is 0 Å². The van der Waals surface area contributed by atoms with Crippen LogP contribution in [0.5, 0.6) is 11.5 Å². The zero-order chi connectivity index (χ0) is 14.1. The second-order valence-electron chi connectivity index (χ2n) is 4.57. The van der Waals surface area contributed by atoms with Crippen molar-refractivity contribution in [2.45, 2.75) is 6.92 Å². The molecule has 0 unspecified atom stereocenters. The van der Waals surface area contributed by atoms with Gasteiger partial charge >= 0.3 is 0 Å². The van der Waals surface area contributed by atoms with Crippen molar-refractivity contribution >= 4 is 11.9 Å². The molecule has 0 spiro atoms. The average molecular weight is 270 g/mol. The van der Waals surface area contributed by atoms with E-state index in [0.717, 1.165) is 11.3 Å². The zero-order valence-corrected chi connectivity index (χ0v) is 11.3. The molecule has 0 saturated carbocycles. The fourth-order valence-corrected chi connectivity index (χ4v) is 1.99. The number of carbonyl (C=O) groups is 1. The molecule has 2 aromatic rings. The molecule has 5 nitrogen and oxygen atoms in total. The summed E-state index contributed by atoms with van der Waals surface area (Å²) in [5, 5.41) is 4.13. The van der Waals surface area contributed by atoms with Gasteiger partial charge in [0.1, 0.15) is 0 Å². The Hall–Kier alpha value is -2.56. The van der Waals surface area contributed by atoms with Crippen LogP contribution < -0.4 is 9.47 Å². The third-order valence-electron chi connectivity index (χ3n) is 3.34. The van der Waals surface area contributed by atoms with Crippen molar-refractivity contribution < 1.29 is 14.3 Å². The molecule has 0 amide bonds. The summed E-state index contributed by atoms with van der Waals surface area (Å²) < 4.78 is 12.2. The van der Waals surface area contributed by atoms with E-state index in [2.05, 4.69) is 5.10 Å². The molecule has 1 aromatic heterocycles. The van der Waals surface area contributed by atoms with E-state index >= 15 is 0 Å². The molecule has 1 aromatic carbocycles. The summed E-state index contributed by atoms with van der Waals surface area (Å²) in [5.41, 5.74) is 2.52. The summed E-state index contributed by atoms with van der Waals surface area (Å²) in [7, 11) is 1.87. The van der Waals surface area contributed by atoms with Gasteiger partial charge in [0, 0.05) is 23.9 Å². The molecule has 3 rings (SSSR count). The minimum Gasteiger partial charge on any atom is -0.454 e. The number of aromatic nitrogens is 2. The Bertz CT molecular complexity index is 701. The number of allylic oxidation sites excluding steroid dienone is 1. The fourth-order valence-electron chi connectivity index (χ4n) is 1.99. The number of aryl methyl sites for hydroxylation is 1. The predicted molar refractivity (Wildman–Crippen MR) is 73.9 cm³/mol. The normalized spacial score (nSPS) is 13.1. The molecule has 2 heterocycles. The number of ketones is 1. The third-order valence-corrected chi connectivity index (χ3v) is 3.34. The maximum absolute atomic E-state index is 12.1. The van der Waals surface area contributed by atoms with Crippen molar-refractivity contribution in [3.05, 3.63) is 47.3 Å². The quantitative estimate of drug-likeness (QED) is 0.634. The van der Waals surface area contributed by atoms with Gasteiger partial charge < -0.3 is 9.47 Å². The molecule has 0 N–H and O–H groups in total. The largest absolute Gasteiger partial charge is 0.454 e. The average Bonchev–Trinajstić information content (AvgIpc) is 3.04. The SMILES string of the molecule is Cc1c(/C=C\C(=O)c2ccc3c(c2)OCO3)cnn1C. The molecule has 0 saturated heterocycles. The van der Waals surface area contributed by atoms with Gasteiger partial charge in [0.15, 0.2) is 17.3 Å². The minimum atomic E-state index is -0.0773. The van der Waals surface area contributed by atoms with Crippen molar-refractivity contribution in [3.8, 4) is 11.5 Å². The number of hydrogen-bond donors (Lipinski definition) is 0. The van der Waals surface area contributed by atoms with Gasteiger partial charge in [-0.15, -0.1) is 0 Å². The van der Waals surface area contributed by atoms with E-state index in [0.29, 0.717) is 17.1 Å². The smallest absolute Gasteiger partial charge is 0.231 e. The van der Waals surface area contributed by atoms with Crippen molar-refractivity contribution in [2.24, 2.45) is 7.05 Å². The van der Waals surface area contributed by atoms with Crippen LogP contribution in [0.2, 0.25) is 0 Å². The van der Waals surface area contributed by atoms with E-state index in [4.69, 9.17) is 9.47 Å². The third kappa shape index (κ3) is 2.18. The highest BCUT2D eigenvalue weighted by Crippen LogP contribution is 2.32. The van der Waals surface area contributed by atoms with Crippen LogP contribution in [-0.4, -0.2) is 22.4 Å². The first-order chi connectivity index (χ1) is 9.65. The number of fused-ring (bicyclic) bond motifs is 1. The monoisotopic (exact) mass is 270 g/mol. The summed E-state index contributed by atoms with van der Waals surface area (Å²) in [6.45, 7) is 2.16. The Labute approximate surface area is 116 Å². The molecular formula is C15H14N2O3. The maximum Gasteiger partial charge on any atom is 0.231 e. The minimum absolute atomic E-state index is 0.0773. The van der Waals surface area contributed by atoms with Crippen LogP contribution in [0.3, 0.4) is 0 Å². The number of rotatable bonds is 3. The number of benzene rings is 1. The highest BCUT2D eigenvalue weighted by Gasteiger charge is 2.15. The Morgan fingerprint density at radius 2 is 2.15 bits per heavy atom. The Kier molecular flexibility index (Phi) is 3.02. The van der Waals surface area contributed by atoms with E-state index in [1.165, 1.54) is 0 Å². The number of nitrogens with zero attached hydrogens (tertiary/aromatic N) is 2. The molecule has 0 bridgehead atoms. The molecular weight excluding hydrogens is 256 g/mol. The van der Waals surface area contributed by atoms with Gasteiger partial charge in [0.05, 0.1) is 6.20 Å². The Morgan fingerprint density at radius 3 is 2.90 bits per heavy atom. The van der Waals surface area contributed by atoms with Gasteiger partial charge in [-0.1, -0.05) is 0 Å². The van der Waals surface area contributed by atoms with Crippen LogP contribution in [-0.2, 0) is 7.05 Å². The van der Waals surface area contributed by atoms with Gasteiger partial charge in [0.25, 0.3) is 0 Å². The van der Waals surface area contributed by atoms with E-state index in [-0.39, 0.29) is 12.6 Å². The van der Waals surface area contributed by atoms with Crippen molar-refractivity contribution in [2.75, 3.05) is 6.79 Å². The molecule has 0 aliphatic carbocycles. The Morgan fingerprint density at radius 1 is 1.35 bits per heavy atom. The molecule has 0 fully saturated rings. The highest BCUT2D eigenvalue weighted by atomic mass is 16.7. The molecule has 0 atom stereocenters. The standard InChI is InChI=1S/C15H14N2O3/c1-10-12(8-16-17(10)2)3-5-13(18)11-4-6-14-15(7-11)20-9-19-14/h3-8H,9H2,1-2H3/b5-3-. The number of hydrogen-bond acceptors (Lipinski definition) is 4. The van der Waals surface area contributed by atoms with Gasteiger partial charge in [-0.3, -0.25) is 9.48 Å². The second-order valence-corrected chi connectivity index (χ2v) is 4.57. The topological polar surface area (TPSA) is 53.4 Å². The van der Waals surface area contributed by atoms with E-state index in [9.17, 15) is 4.79 Å². The summed E-state index contributed by atoms with van der Waals surface area (Å²) in [4.78, 5) is 12.1. The first-order valence-corrected chi connectivity index (χ1v) is 6.26. The van der Waals surface area contributed by atoms with Crippen molar-refractivity contribution in [1.29, 1.82) is 0 Å². The van der Waals surface area contributed by atoms with Gasteiger partial charge in [-0.2, -0.15) is 5.10 Å². The summed E-state index contributed by atoms with van der Waals surface area (Å²) in [6, 6.07) is 5.18. The fraction of sp³-hybridized carbons (Fsp3) is 0.200. The summed E-state index contributed by atoms with van der Waals surface area (Å²) in [5.74, 6) is 1.21. The lowest BCUT2D eigenvalue weighted by molar-refractivity contribution is 0.104. The van der Waals surface area contributed by atoms with Gasteiger partial charge in [0.2, 0.25) is 6.79 Å². The van der Waals surface area contributed by atoms with Crippen molar-refractivity contribution in [3.63, 3.8) is 0 Å². The lowest BCUT2D eigenvalue weighted by Gasteiger charge is -1.99. The molecule has 5 heteroatoms. The first-order valence-electron chi connectivity index (χ1n) is 6.26. The van der Waals surface area contributed by atoms with Crippen LogP contribution in [0.25, 0.3) is 6.08 Å². The van der Waals surface area contributed by atoms with Gasteiger partial charge in [-0.05, 0) is 37.3 Å². The van der Waals surface area contributed by atoms with Crippen LogP contribution >= 0.6 is 0 Å². The van der Waals surface area contributed by atoms with Crippen LogP contribution in [0.1, 0.15) is 21.6 Å². The highest BCUT2D eigenvalue weighted by molar-refractivity contribution is 6.07. The summed E-state index contributed by atoms with van der Waals surface area (Å²) in [6.07, 6.45) is 5.05. The lowest BCUT2D eigenvalue weighted by Crippen LogP contribution is -1.95. The van der Waals surface area contributed by atoms with E-state index in [1.54, 1.807) is 41.2 Å². The molecule has 1 aliphatic rings. The second kappa shape index (κ2) is 4.85. The maximum atomic E-state index is 12.1. The number of carbonyl (C=O) groups excluding carboxylic acids is 1. The van der Waals surface area contributed by atoms with Crippen LogP contribution in [0.15, 0.2) is 30.5 Å². The van der Waals surface area contributed by atoms with E-state index in [1.807, 2.05) is 14.0 Å². The molecule has 20 heavy (non-hydrogen) atoms. The van der Waals surface area contributed by atoms with Crippen LogP contribution in [0, 0.1) is 6.92 Å². The summed E-state index contributed by atoms with van der Waals surface area (Å²) >= 11 is 0.